The molecule has 6 rings (SSSR count). The fourth-order valence-electron chi connectivity index (χ4n) is 8.35. The third kappa shape index (κ3) is 7.48. The van der Waals surface area contributed by atoms with E-state index in [9.17, 15) is 0 Å². The van der Waals surface area contributed by atoms with Crippen molar-refractivity contribution in [1.29, 1.82) is 0 Å². The number of hydrogen-bond acceptors (Lipinski definition) is 6. The van der Waals surface area contributed by atoms with E-state index in [0.717, 1.165) is 44.9 Å². The molecule has 0 saturated heterocycles. The molecular weight excluding hydrogens is 730 g/mol. The average Bonchev–Trinajstić information content (AvgIpc) is 3.24. The molecule has 0 aromatic heterocycles. The van der Waals surface area contributed by atoms with Gasteiger partial charge < -0.3 is 0 Å². The Hall–Kier alpha value is -4.96. The fraction of sp³-hybridized carbons (Fsp3) is 0.208. The van der Waals surface area contributed by atoms with Crippen molar-refractivity contribution in [3.63, 3.8) is 0 Å². The van der Waals surface area contributed by atoms with Crippen molar-refractivity contribution in [3.05, 3.63) is 182 Å². The molecule has 0 saturated carbocycles. The molecule has 56 heavy (non-hydrogen) atoms. The zero-order valence-electron chi connectivity index (χ0n) is 33.0. The number of benzene rings is 6. The molecule has 290 valence electrons. The van der Waals surface area contributed by atoms with Crippen LogP contribution in [0, 0.1) is 0 Å². The van der Waals surface area contributed by atoms with Gasteiger partial charge in [-0.25, -0.2) is 0 Å². The molecule has 6 aromatic carbocycles. The van der Waals surface area contributed by atoms with Crippen molar-refractivity contribution in [2.45, 2.75) is 12.8 Å². The van der Waals surface area contributed by atoms with Crippen LogP contribution < -0.4 is 31.8 Å². The molecule has 0 aliphatic heterocycles. The van der Waals surface area contributed by atoms with E-state index in [-0.39, 0.29) is 0 Å². The van der Waals surface area contributed by atoms with Gasteiger partial charge in [-0.05, 0) is 0 Å². The van der Waals surface area contributed by atoms with Crippen LogP contribution in [-0.4, -0.2) is 75.3 Å². The molecule has 0 fully saturated rings. The van der Waals surface area contributed by atoms with Crippen LogP contribution in [0.15, 0.2) is 182 Å². The van der Waals surface area contributed by atoms with Gasteiger partial charge in [0.05, 0.1) is 0 Å². The minimum absolute atomic E-state index is 0.489. The Bertz CT molecular complexity index is 1810. The summed E-state index contributed by atoms with van der Waals surface area (Å²) >= 11 is 0. The van der Waals surface area contributed by atoms with E-state index in [1.54, 1.807) is 0 Å². The maximum absolute atomic E-state index is 15.4. The van der Waals surface area contributed by atoms with Crippen molar-refractivity contribution >= 4 is 57.4 Å². The van der Waals surface area contributed by atoms with Gasteiger partial charge in [0, 0.05) is 0 Å². The molecule has 0 N–H and O–H groups in total. The molecule has 0 heterocycles. The summed E-state index contributed by atoms with van der Waals surface area (Å²) in [4.78, 5) is 35.1. The van der Waals surface area contributed by atoms with E-state index in [1.807, 2.05) is 210 Å². The normalized spacial score (nSPS) is 13.2. The second-order valence-corrected chi connectivity index (χ2v) is 24.2. The molecule has 0 radical (unpaired) electrons. The number of hydrogen-bond donors (Lipinski definition) is 0. The number of carbonyl (C=O) groups is 2. The third-order valence-corrected chi connectivity index (χ3v) is 22.7. The van der Waals surface area contributed by atoms with Crippen LogP contribution in [-0.2, 0) is 18.6 Å². The molecule has 0 aliphatic carbocycles. The van der Waals surface area contributed by atoms with E-state index in [2.05, 4.69) is 9.80 Å². The van der Waals surface area contributed by atoms with E-state index in [4.69, 9.17) is 9.05 Å². The Morgan fingerprint density at radius 1 is 0.375 bits per heavy atom. The average molecular weight is 785 g/mol. The van der Waals surface area contributed by atoms with E-state index in [0.29, 0.717) is 25.2 Å². The monoisotopic (exact) mass is 784 g/mol. The third-order valence-electron chi connectivity index (χ3n) is 10.9. The number of carbonyl (C=O) groups excluding carboxylic acids is 2. The van der Waals surface area contributed by atoms with Gasteiger partial charge in [0.2, 0.25) is 0 Å². The SMILES string of the molecule is CN(C)CCCP(OC(=O)C(=O)OP(CCCN(C)C)(c1ccccc1)(c1ccccc1)c1ccccc1)(c1ccccc1)(c1ccccc1)c1ccccc1. The Morgan fingerprint density at radius 2 is 0.571 bits per heavy atom. The summed E-state index contributed by atoms with van der Waals surface area (Å²) in [5, 5.41) is 5.21. The Labute approximate surface area is 333 Å². The van der Waals surface area contributed by atoms with Crippen LogP contribution in [0.4, 0.5) is 0 Å². The van der Waals surface area contributed by atoms with Crippen molar-refractivity contribution in [2.75, 3.05) is 53.6 Å². The van der Waals surface area contributed by atoms with Gasteiger partial charge in [0.25, 0.3) is 0 Å². The quantitative estimate of drug-likeness (QED) is 0.0790. The van der Waals surface area contributed by atoms with Gasteiger partial charge in [-0.1, -0.05) is 0 Å². The topological polar surface area (TPSA) is 59.1 Å². The zero-order valence-corrected chi connectivity index (χ0v) is 34.8. The fourth-order valence-corrected chi connectivity index (χ4v) is 19.7. The Balaban J connectivity index is 1.63. The summed E-state index contributed by atoms with van der Waals surface area (Å²) < 4.78 is 14.6. The van der Waals surface area contributed by atoms with Gasteiger partial charge >= 0.3 is 334 Å². The van der Waals surface area contributed by atoms with E-state index >= 15 is 9.59 Å². The van der Waals surface area contributed by atoms with Crippen LogP contribution in [0.2, 0.25) is 0 Å². The van der Waals surface area contributed by atoms with Crippen LogP contribution in [0.25, 0.3) is 0 Å². The van der Waals surface area contributed by atoms with Gasteiger partial charge in [-0.2, -0.15) is 0 Å². The van der Waals surface area contributed by atoms with Crippen LogP contribution >= 0.6 is 13.7 Å². The zero-order chi connectivity index (χ0) is 39.5. The summed E-state index contributed by atoms with van der Waals surface area (Å²) in [6.45, 7) is -7.00. The molecule has 0 bridgehead atoms. The van der Waals surface area contributed by atoms with Gasteiger partial charge in [-0.3, -0.25) is 0 Å². The van der Waals surface area contributed by atoms with Gasteiger partial charge in [0.1, 0.15) is 0 Å². The summed E-state index contributed by atoms with van der Waals surface area (Å²) in [7, 11) is 8.18. The molecule has 0 aliphatic rings. The minimum atomic E-state index is -4.25. The molecule has 8 heteroatoms. The molecule has 0 atom stereocenters. The summed E-state index contributed by atoms with van der Waals surface area (Å²) in [5.74, 6) is -2.01. The second kappa shape index (κ2) is 17.5. The Morgan fingerprint density at radius 3 is 0.750 bits per heavy atom. The maximum atomic E-state index is 15.4. The molecule has 6 nitrogen and oxygen atoms in total. The van der Waals surface area contributed by atoms with Crippen LogP contribution in [0.3, 0.4) is 0 Å². The molecule has 6 aromatic rings. The van der Waals surface area contributed by atoms with Crippen molar-refractivity contribution in [2.24, 2.45) is 0 Å². The van der Waals surface area contributed by atoms with Crippen molar-refractivity contribution in [3.8, 4) is 0 Å². The molecular formula is C48H54N2O4P2. The van der Waals surface area contributed by atoms with Gasteiger partial charge in [0.15, 0.2) is 0 Å². The summed E-state index contributed by atoms with van der Waals surface area (Å²) in [6, 6.07) is 60.2. The van der Waals surface area contributed by atoms with Crippen LogP contribution in [0.1, 0.15) is 12.8 Å². The first kappa shape index (κ1) is 40.7. The predicted octanol–water partition coefficient (Wildman–Crippen LogP) is 6.87. The Kier molecular flexibility index (Phi) is 12.7. The number of nitrogens with zero attached hydrogens (tertiary/aromatic N) is 2. The van der Waals surface area contributed by atoms with Crippen molar-refractivity contribution < 1.29 is 18.6 Å². The molecule has 0 unspecified atom stereocenters. The first-order valence-electron chi connectivity index (χ1n) is 19.3. The predicted molar refractivity (Wildman–Crippen MR) is 239 cm³/mol. The van der Waals surface area contributed by atoms with E-state index < -0.39 is 25.6 Å². The van der Waals surface area contributed by atoms with Crippen molar-refractivity contribution in [1.82, 2.24) is 9.80 Å². The van der Waals surface area contributed by atoms with E-state index in [1.165, 1.54) is 0 Å². The summed E-state index contributed by atoms with van der Waals surface area (Å²) in [6.07, 6.45) is 2.38. The standard InChI is InChI=1S/C48H54N2O4P2/c1-49(2)37-23-39-55(41-25-11-5-12-26-41,42-27-13-6-14-28-42,43-29-15-7-16-30-43)53-47(51)48(52)54-56(40-24-38-50(3)4,44-31-17-8-18-32-44,45-33-19-9-20-34-45)46-35-21-10-22-36-46/h5-22,25-36H,23-24,37-40H2,1-4H3. The van der Waals surface area contributed by atoms with Gasteiger partial charge in [-0.15, -0.1) is 0 Å². The first-order chi connectivity index (χ1) is 27.1. The number of rotatable bonds is 16. The molecule has 0 spiro atoms. The first-order valence-corrected chi connectivity index (χ1v) is 24.0. The summed E-state index contributed by atoms with van der Waals surface area (Å²) in [5.41, 5.74) is 0. The molecule has 0 amide bonds. The second-order valence-electron chi connectivity index (χ2n) is 15.0. The van der Waals surface area contributed by atoms with Crippen LogP contribution in [0.5, 0.6) is 0 Å².